The highest BCUT2D eigenvalue weighted by Crippen LogP contribution is 2.30. The third kappa shape index (κ3) is 2.94. The fourth-order valence-electron chi connectivity index (χ4n) is 1.28. The minimum Gasteiger partial charge on any atom is -0.490 e. The molecular weight excluding hydrogens is 240 g/mol. The molecule has 0 saturated carbocycles. The van der Waals surface area contributed by atoms with Crippen LogP contribution in [0.2, 0.25) is 0 Å². The monoisotopic (exact) mass is 252 g/mol. The molecule has 1 aromatic carbocycles. The van der Waals surface area contributed by atoms with Crippen LogP contribution in [0, 0.1) is 10.1 Å². The van der Waals surface area contributed by atoms with Crippen molar-refractivity contribution >= 4 is 17.4 Å². The van der Waals surface area contributed by atoms with E-state index in [2.05, 4.69) is 10.5 Å². The van der Waals surface area contributed by atoms with Gasteiger partial charge in [-0.25, -0.2) is 5.43 Å². The highest BCUT2D eigenvalue weighted by atomic mass is 16.6. The van der Waals surface area contributed by atoms with E-state index in [4.69, 9.17) is 10.5 Å². The Kier molecular flexibility index (Phi) is 4.19. The third-order valence-electron chi connectivity index (χ3n) is 2.00. The summed E-state index contributed by atoms with van der Waals surface area (Å²) < 4.78 is 4.95. The zero-order valence-electron chi connectivity index (χ0n) is 9.84. The Morgan fingerprint density at radius 1 is 1.56 bits per heavy atom. The SMILES string of the molecule is COc1c(C(N)=NNC(C)=O)cccc1[N+](=O)[O-]. The van der Waals surface area contributed by atoms with Gasteiger partial charge in [-0.05, 0) is 6.07 Å². The fraction of sp³-hybridized carbons (Fsp3) is 0.200. The van der Waals surface area contributed by atoms with Crippen LogP contribution in [0.1, 0.15) is 12.5 Å². The summed E-state index contributed by atoms with van der Waals surface area (Å²) in [6, 6.07) is 4.24. The molecule has 18 heavy (non-hydrogen) atoms. The second-order valence-corrected chi connectivity index (χ2v) is 3.28. The largest absolute Gasteiger partial charge is 0.490 e. The summed E-state index contributed by atoms with van der Waals surface area (Å²) in [7, 11) is 1.29. The fourth-order valence-corrected chi connectivity index (χ4v) is 1.28. The Morgan fingerprint density at radius 3 is 2.72 bits per heavy atom. The number of hydrazone groups is 1. The molecule has 1 amide bonds. The average Bonchev–Trinajstić information content (AvgIpc) is 2.34. The predicted octanol–water partition coefficient (Wildman–Crippen LogP) is 0.360. The van der Waals surface area contributed by atoms with E-state index in [1.807, 2.05) is 0 Å². The van der Waals surface area contributed by atoms with Crippen LogP contribution in [0.15, 0.2) is 23.3 Å². The summed E-state index contributed by atoms with van der Waals surface area (Å²) in [6.07, 6.45) is 0. The maximum atomic E-state index is 10.8. The van der Waals surface area contributed by atoms with E-state index in [9.17, 15) is 14.9 Å². The minimum absolute atomic E-state index is 0.00546. The number of hydrogen-bond acceptors (Lipinski definition) is 5. The lowest BCUT2D eigenvalue weighted by Gasteiger charge is -2.07. The van der Waals surface area contributed by atoms with E-state index in [1.54, 1.807) is 0 Å². The van der Waals surface area contributed by atoms with E-state index >= 15 is 0 Å². The number of ether oxygens (including phenoxy) is 1. The number of amides is 1. The molecule has 0 spiro atoms. The molecule has 0 bridgehead atoms. The van der Waals surface area contributed by atoms with Gasteiger partial charge in [-0.2, -0.15) is 5.10 Å². The molecule has 8 nitrogen and oxygen atoms in total. The highest BCUT2D eigenvalue weighted by Gasteiger charge is 2.20. The number of nitrogens with two attached hydrogens (primary N) is 1. The molecule has 96 valence electrons. The number of methoxy groups -OCH3 is 1. The van der Waals surface area contributed by atoms with E-state index in [1.165, 1.54) is 32.2 Å². The van der Waals surface area contributed by atoms with E-state index in [-0.39, 0.29) is 22.8 Å². The summed E-state index contributed by atoms with van der Waals surface area (Å²) in [5.41, 5.74) is 7.77. The first-order valence-electron chi connectivity index (χ1n) is 4.89. The number of carbonyl (C=O) groups is 1. The van der Waals surface area contributed by atoms with Gasteiger partial charge in [0.05, 0.1) is 17.6 Å². The second-order valence-electron chi connectivity index (χ2n) is 3.28. The molecule has 0 saturated heterocycles. The molecule has 0 aliphatic rings. The van der Waals surface area contributed by atoms with Crippen LogP contribution in [0.3, 0.4) is 0 Å². The molecule has 8 heteroatoms. The van der Waals surface area contributed by atoms with Gasteiger partial charge >= 0.3 is 5.69 Å². The number of nitrogens with zero attached hydrogens (tertiary/aromatic N) is 2. The van der Waals surface area contributed by atoms with E-state index in [0.717, 1.165) is 0 Å². The standard InChI is InChI=1S/C10H12N4O4/c1-6(15)12-13-10(11)7-4-3-5-8(14(16)17)9(7)18-2/h3-5H,1-2H3,(H2,11,13)(H,12,15). The zero-order valence-corrected chi connectivity index (χ0v) is 9.84. The maximum Gasteiger partial charge on any atom is 0.311 e. The second kappa shape index (κ2) is 5.62. The third-order valence-corrected chi connectivity index (χ3v) is 2.00. The Labute approximate surface area is 103 Å². The van der Waals surface area contributed by atoms with Crippen molar-refractivity contribution in [3.05, 3.63) is 33.9 Å². The van der Waals surface area contributed by atoms with Crippen molar-refractivity contribution in [2.45, 2.75) is 6.92 Å². The van der Waals surface area contributed by atoms with Crippen LogP contribution in [-0.2, 0) is 4.79 Å². The number of benzene rings is 1. The summed E-state index contributed by atoms with van der Waals surface area (Å²) in [5.74, 6) is -0.484. The highest BCUT2D eigenvalue weighted by molar-refractivity contribution is 6.01. The van der Waals surface area contributed by atoms with Gasteiger partial charge in [0.1, 0.15) is 0 Å². The molecule has 0 aromatic heterocycles. The first kappa shape index (κ1) is 13.4. The summed E-state index contributed by atoms with van der Waals surface area (Å²) in [5, 5.41) is 14.4. The lowest BCUT2D eigenvalue weighted by molar-refractivity contribution is -0.385. The molecule has 0 atom stereocenters. The first-order valence-corrected chi connectivity index (χ1v) is 4.89. The summed E-state index contributed by atoms with van der Waals surface area (Å²) in [4.78, 5) is 20.9. The van der Waals surface area contributed by atoms with Crippen LogP contribution in [0.4, 0.5) is 5.69 Å². The number of hydrogen-bond donors (Lipinski definition) is 2. The number of rotatable bonds is 4. The van der Waals surface area contributed by atoms with Crippen molar-refractivity contribution < 1.29 is 14.5 Å². The number of carbonyl (C=O) groups excluding carboxylic acids is 1. The van der Waals surface area contributed by atoms with Gasteiger partial charge in [0.2, 0.25) is 11.7 Å². The van der Waals surface area contributed by atoms with Gasteiger partial charge < -0.3 is 10.5 Å². The molecule has 1 aromatic rings. The van der Waals surface area contributed by atoms with Crippen molar-refractivity contribution in [2.75, 3.05) is 7.11 Å². The van der Waals surface area contributed by atoms with Gasteiger partial charge in [-0.15, -0.1) is 0 Å². The number of nitro benzene ring substituents is 1. The predicted molar refractivity (Wildman–Crippen MR) is 64.2 cm³/mol. The lowest BCUT2D eigenvalue weighted by atomic mass is 10.1. The van der Waals surface area contributed by atoms with E-state index < -0.39 is 10.8 Å². The van der Waals surface area contributed by atoms with Crippen molar-refractivity contribution in [1.82, 2.24) is 5.43 Å². The Hall–Kier alpha value is -2.64. The van der Waals surface area contributed by atoms with Crippen LogP contribution in [-0.4, -0.2) is 23.8 Å². The normalized spacial score (nSPS) is 10.9. The molecule has 0 unspecified atom stereocenters. The lowest BCUT2D eigenvalue weighted by Crippen LogP contribution is -2.22. The molecule has 0 aliphatic heterocycles. The number of nitro groups is 1. The zero-order chi connectivity index (χ0) is 13.7. The van der Waals surface area contributed by atoms with Gasteiger partial charge in [0.15, 0.2) is 5.84 Å². The number of nitrogens with one attached hydrogen (secondary N) is 1. The Balaban J connectivity index is 3.24. The Bertz CT molecular complexity index is 513. The van der Waals surface area contributed by atoms with Crippen LogP contribution in [0.5, 0.6) is 5.75 Å². The molecule has 0 aliphatic carbocycles. The maximum absolute atomic E-state index is 10.8. The number of para-hydroxylation sites is 1. The first-order chi connectivity index (χ1) is 8.47. The average molecular weight is 252 g/mol. The van der Waals surface area contributed by atoms with Crippen molar-refractivity contribution in [3.63, 3.8) is 0 Å². The van der Waals surface area contributed by atoms with Crippen LogP contribution < -0.4 is 15.9 Å². The van der Waals surface area contributed by atoms with Gasteiger partial charge in [0.25, 0.3) is 0 Å². The van der Waals surface area contributed by atoms with Crippen LogP contribution in [0.25, 0.3) is 0 Å². The molecule has 0 heterocycles. The summed E-state index contributed by atoms with van der Waals surface area (Å²) >= 11 is 0. The number of amidine groups is 1. The quantitative estimate of drug-likeness (QED) is 0.347. The van der Waals surface area contributed by atoms with Crippen molar-refractivity contribution in [3.8, 4) is 5.75 Å². The smallest absolute Gasteiger partial charge is 0.311 e. The molecular formula is C10H12N4O4. The van der Waals surface area contributed by atoms with Gasteiger partial charge in [-0.1, -0.05) is 6.07 Å². The Morgan fingerprint density at radius 2 is 2.22 bits per heavy atom. The summed E-state index contributed by atoms with van der Waals surface area (Å²) in [6.45, 7) is 1.27. The van der Waals surface area contributed by atoms with E-state index in [0.29, 0.717) is 0 Å². The van der Waals surface area contributed by atoms with Crippen molar-refractivity contribution in [1.29, 1.82) is 0 Å². The molecule has 1 rings (SSSR count). The van der Waals surface area contributed by atoms with Gasteiger partial charge in [0, 0.05) is 13.0 Å². The molecule has 0 fully saturated rings. The van der Waals surface area contributed by atoms with Gasteiger partial charge in [-0.3, -0.25) is 14.9 Å². The molecule has 3 N–H and O–H groups in total. The van der Waals surface area contributed by atoms with Crippen LogP contribution >= 0.6 is 0 Å². The van der Waals surface area contributed by atoms with Crippen molar-refractivity contribution in [2.24, 2.45) is 10.8 Å². The topological polar surface area (TPSA) is 120 Å². The minimum atomic E-state index is -0.589. The molecule has 0 radical (unpaired) electrons.